The molecule has 0 unspecified atom stereocenters. The number of amides is 3. The average Bonchev–Trinajstić information content (AvgIpc) is 3.01. The summed E-state index contributed by atoms with van der Waals surface area (Å²) in [6.07, 6.45) is 2.35. The van der Waals surface area contributed by atoms with E-state index in [4.69, 9.17) is 9.26 Å². The number of hydrogen-bond donors (Lipinski definition) is 4. The fourth-order valence-electron chi connectivity index (χ4n) is 3.01. The highest BCUT2D eigenvalue weighted by atomic mass is 16.5. The highest BCUT2D eigenvalue weighted by Gasteiger charge is 2.29. The predicted molar refractivity (Wildman–Crippen MR) is 106 cm³/mol. The van der Waals surface area contributed by atoms with E-state index in [0.717, 1.165) is 0 Å². The molecular weight excluding hydrogens is 376 g/mol. The van der Waals surface area contributed by atoms with Crippen molar-refractivity contribution in [1.82, 2.24) is 10.5 Å². The van der Waals surface area contributed by atoms with Crippen molar-refractivity contribution < 1.29 is 24.0 Å². The molecule has 0 saturated carbocycles. The van der Waals surface area contributed by atoms with Gasteiger partial charge < -0.3 is 30.3 Å². The lowest BCUT2D eigenvalue weighted by Gasteiger charge is -2.31. The van der Waals surface area contributed by atoms with Crippen LogP contribution in [0.3, 0.4) is 0 Å². The van der Waals surface area contributed by atoms with Crippen LogP contribution in [0, 0.1) is 13.8 Å². The van der Waals surface area contributed by atoms with Gasteiger partial charge in [0.2, 0.25) is 5.91 Å². The van der Waals surface area contributed by atoms with Crippen molar-refractivity contribution >= 4 is 23.3 Å². The van der Waals surface area contributed by atoms with E-state index in [9.17, 15) is 14.7 Å². The van der Waals surface area contributed by atoms with Crippen LogP contribution < -0.4 is 16.0 Å². The highest BCUT2D eigenvalue weighted by molar-refractivity contribution is 5.91. The fraction of sp³-hybridized carbons (Fsp3) is 0.350. The molecule has 0 spiro atoms. The summed E-state index contributed by atoms with van der Waals surface area (Å²) in [7, 11) is 0. The third-order valence-corrected chi connectivity index (χ3v) is 4.48. The molecule has 0 aliphatic carbocycles. The van der Waals surface area contributed by atoms with Gasteiger partial charge in [0, 0.05) is 5.69 Å². The van der Waals surface area contributed by atoms with E-state index >= 15 is 0 Å². The van der Waals surface area contributed by atoms with Crippen LogP contribution in [0.4, 0.5) is 16.2 Å². The Labute approximate surface area is 168 Å². The number of para-hydroxylation sites is 1. The number of nitrogens with zero attached hydrogens (tertiary/aromatic N) is 1. The van der Waals surface area contributed by atoms with Gasteiger partial charge in [0.15, 0.2) is 5.76 Å². The largest absolute Gasteiger partial charge is 0.394 e. The van der Waals surface area contributed by atoms with E-state index in [1.54, 1.807) is 38.1 Å². The topological polar surface area (TPSA) is 126 Å². The summed E-state index contributed by atoms with van der Waals surface area (Å²) < 4.78 is 10.8. The van der Waals surface area contributed by atoms with E-state index in [1.807, 2.05) is 18.2 Å². The molecular formula is C20H24N4O5. The second-order valence-corrected chi connectivity index (χ2v) is 6.72. The van der Waals surface area contributed by atoms with Crippen molar-refractivity contribution in [3.05, 3.63) is 53.9 Å². The third-order valence-electron chi connectivity index (χ3n) is 4.48. The molecule has 2 heterocycles. The van der Waals surface area contributed by atoms with E-state index in [1.165, 1.54) is 0 Å². The number of rotatable bonds is 6. The lowest BCUT2D eigenvalue weighted by Crippen LogP contribution is -2.50. The van der Waals surface area contributed by atoms with Crippen LogP contribution in [-0.2, 0) is 9.53 Å². The molecule has 0 bridgehead atoms. The second-order valence-electron chi connectivity index (χ2n) is 6.72. The lowest BCUT2D eigenvalue weighted by molar-refractivity contribution is -0.120. The van der Waals surface area contributed by atoms with Crippen LogP contribution in [0.1, 0.15) is 17.9 Å². The number of aliphatic hydroxyl groups is 1. The molecule has 0 saturated heterocycles. The van der Waals surface area contributed by atoms with Crippen molar-refractivity contribution in [3.8, 4) is 0 Å². The zero-order valence-electron chi connectivity index (χ0n) is 16.2. The summed E-state index contributed by atoms with van der Waals surface area (Å²) >= 11 is 0. The molecule has 3 rings (SSSR count). The van der Waals surface area contributed by atoms with Gasteiger partial charge in [-0.3, -0.25) is 4.79 Å². The van der Waals surface area contributed by atoms with Crippen LogP contribution in [0.2, 0.25) is 0 Å². The molecule has 1 aliphatic rings. The van der Waals surface area contributed by atoms with Crippen LogP contribution in [0.25, 0.3) is 0 Å². The molecule has 29 heavy (non-hydrogen) atoms. The monoisotopic (exact) mass is 400 g/mol. The first-order valence-corrected chi connectivity index (χ1v) is 9.26. The number of hydrogen-bond acceptors (Lipinski definition) is 6. The summed E-state index contributed by atoms with van der Waals surface area (Å²) in [5.41, 5.74) is 1.77. The van der Waals surface area contributed by atoms with Crippen LogP contribution >= 0.6 is 0 Å². The van der Waals surface area contributed by atoms with Gasteiger partial charge in [-0.1, -0.05) is 35.5 Å². The minimum Gasteiger partial charge on any atom is -0.394 e. The number of nitrogens with one attached hydrogen (secondary N) is 3. The maximum atomic E-state index is 12.3. The summed E-state index contributed by atoms with van der Waals surface area (Å²) in [5, 5.41) is 21.6. The molecule has 1 aliphatic heterocycles. The first kappa shape index (κ1) is 20.6. The Hall–Kier alpha value is -3.17. The van der Waals surface area contributed by atoms with Crippen LogP contribution in [0.5, 0.6) is 0 Å². The molecule has 0 fully saturated rings. The van der Waals surface area contributed by atoms with Crippen molar-refractivity contribution in [3.63, 3.8) is 0 Å². The summed E-state index contributed by atoms with van der Waals surface area (Å²) in [6, 6.07) is 8.10. The Bertz CT molecular complexity index is 861. The van der Waals surface area contributed by atoms with Crippen LogP contribution in [0.15, 0.2) is 47.0 Å². The maximum absolute atomic E-state index is 12.3. The number of benzene rings is 1. The molecule has 2 aromatic rings. The van der Waals surface area contributed by atoms with Gasteiger partial charge >= 0.3 is 6.03 Å². The number of aryl methyl sites for hydroxylation is 2. The number of ether oxygens (including phenoxy) is 1. The second kappa shape index (κ2) is 9.35. The van der Waals surface area contributed by atoms with Gasteiger partial charge in [0.25, 0.3) is 0 Å². The van der Waals surface area contributed by atoms with Gasteiger partial charge in [-0.15, -0.1) is 0 Å². The molecule has 1 aromatic carbocycles. The van der Waals surface area contributed by atoms with Gasteiger partial charge in [-0.05, 0) is 26.0 Å². The Balaban J connectivity index is 1.55. The zero-order valence-corrected chi connectivity index (χ0v) is 16.2. The van der Waals surface area contributed by atoms with Crippen LogP contribution in [-0.4, -0.2) is 47.1 Å². The standard InChI is InChI=1S/C20H24N4O5/c1-12-19(13(2)29-24-12)23-20(27)22-16-9-8-15(28-17(16)11-25)10-18(26)21-14-6-4-3-5-7-14/h3-9,15-17,25H,10-11H2,1-2H3,(H,21,26)(H2,22,23,27)/t15-,16+,17-/m1/s1. The van der Waals surface area contributed by atoms with Gasteiger partial charge in [0.05, 0.1) is 25.2 Å². The van der Waals surface area contributed by atoms with Gasteiger partial charge in [-0.2, -0.15) is 0 Å². The maximum Gasteiger partial charge on any atom is 0.319 e. The molecule has 0 radical (unpaired) electrons. The molecule has 3 atom stereocenters. The number of carbonyl (C=O) groups is 2. The zero-order chi connectivity index (χ0) is 20.8. The molecule has 3 amide bonds. The predicted octanol–water partition coefficient (Wildman–Crippen LogP) is 2.13. The normalized spacial score (nSPS) is 20.9. The van der Waals surface area contributed by atoms with Gasteiger partial charge in [-0.25, -0.2) is 4.79 Å². The van der Waals surface area contributed by atoms with E-state index in [0.29, 0.717) is 22.8 Å². The number of anilines is 2. The number of aliphatic hydroxyl groups excluding tert-OH is 1. The first-order valence-electron chi connectivity index (χ1n) is 9.26. The molecule has 154 valence electrons. The average molecular weight is 400 g/mol. The Morgan fingerprint density at radius 3 is 2.55 bits per heavy atom. The Morgan fingerprint density at radius 2 is 1.90 bits per heavy atom. The first-order chi connectivity index (χ1) is 14.0. The SMILES string of the molecule is Cc1noc(C)c1NC(=O)N[C@H]1C=C[C@H](CC(=O)Nc2ccccc2)O[C@@H]1CO. The number of urea groups is 1. The van der Waals surface area contributed by atoms with Crippen molar-refractivity contribution in [2.45, 2.75) is 38.5 Å². The highest BCUT2D eigenvalue weighted by Crippen LogP contribution is 2.20. The van der Waals surface area contributed by atoms with E-state index in [2.05, 4.69) is 21.1 Å². The summed E-state index contributed by atoms with van der Waals surface area (Å²) in [6.45, 7) is 3.11. The quantitative estimate of drug-likeness (QED) is 0.551. The van der Waals surface area contributed by atoms with Crippen molar-refractivity contribution in [1.29, 1.82) is 0 Å². The third kappa shape index (κ3) is 5.43. The van der Waals surface area contributed by atoms with Gasteiger partial charge in [0.1, 0.15) is 17.5 Å². The summed E-state index contributed by atoms with van der Waals surface area (Å²) in [4.78, 5) is 24.5. The van der Waals surface area contributed by atoms with E-state index in [-0.39, 0.29) is 18.9 Å². The van der Waals surface area contributed by atoms with Crippen molar-refractivity contribution in [2.24, 2.45) is 0 Å². The summed E-state index contributed by atoms with van der Waals surface area (Å²) in [5.74, 6) is 0.293. The van der Waals surface area contributed by atoms with Crippen molar-refractivity contribution in [2.75, 3.05) is 17.2 Å². The molecule has 9 heteroatoms. The fourth-order valence-corrected chi connectivity index (χ4v) is 3.01. The smallest absolute Gasteiger partial charge is 0.319 e. The lowest BCUT2D eigenvalue weighted by atomic mass is 10.0. The Kier molecular flexibility index (Phi) is 6.63. The molecule has 9 nitrogen and oxygen atoms in total. The molecule has 4 N–H and O–H groups in total. The van der Waals surface area contributed by atoms with E-state index < -0.39 is 24.3 Å². The minimum absolute atomic E-state index is 0.0971. The molecule has 1 aromatic heterocycles. The minimum atomic E-state index is -0.676. The number of carbonyl (C=O) groups excluding carboxylic acids is 2. The number of aromatic nitrogens is 1. The Morgan fingerprint density at radius 1 is 1.14 bits per heavy atom.